The normalized spacial score (nSPS) is 18.0. The zero-order valence-electron chi connectivity index (χ0n) is 11.0. The SMILES string of the molecule is Cc1cc(C2CCCC2)c([Si](C)(C)C)cn1. The highest BCUT2D eigenvalue weighted by Gasteiger charge is 2.26. The van der Waals surface area contributed by atoms with Crippen LogP contribution in [0, 0.1) is 6.92 Å². The lowest BCUT2D eigenvalue weighted by Gasteiger charge is -2.24. The Morgan fingerprint density at radius 1 is 1.19 bits per heavy atom. The van der Waals surface area contributed by atoms with Crippen LogP contribution in [0.4, 0.5) is 0 Å². The van der Waals surface area contributed by atoms with Crippen LogP contribution in [0.2, 0.25) is 19.6 Å². The molecule has 1 fully saturated rings. The number of aromatic nitrogens is 1. The molecule has 1 aliphatic carbocycles. The number of hydrogen-bond donors (Lipinski definition) is 0. The third-order valence-corrected chi connectivity index (χ3v) is 5.71. The smallest absolute Gasteiger partial charge is 0.0799 e. The standard InChI is InChI=1S/C14H23NSi/c1-11-9-13(12-7-5-6-8-12)14(10-15-11)16(2,3)4/h9-10,12H,5-8H2,1-4H3. The fourth-order valence-electron chi connectivity index (χ4n) is 2.78. The molecule has 1 nitrogen and oxygen atoms in total. The quantitative estimate of drug-likeness (QED) is 0.711. The number of hydrogen-bond acceptors (Lipinski definition) is 1. The molecule has 1 aromatic rings. The highest BCUT2D eigenvalue weighted by molar-refractivity contribution is 6.89. The Balaban J connectivity index is 2.43. The van der Waals surface area contributed by atoms with E-state index in [1.807, 2.05) is 0 Å². The van der Waals surface area contributed by atoms with E-state index in [9.17, 15) is 0 Å². The van der Waals surface area contributed by atoms with Gasteiger partial charge in [-0.05, 0) is 42.5 Å². The lowest BCUT2D eigenvalue weighted by Crippen LogP contribution is -2.41. The van der Waals surface area contributed by atoms with Crippen molar-refractivity contribution in [1.82, 2.24) is 4.98 Å². The maximum absolute atomic E-state index is 4.51. The summed E-state index contributed by atoms with van der Waals surface area (Å²) >= 11 is 0. The van der Waals surface area contributed by atoms with Crippen LogP contribution in [-0.4, -0.2) is 13.1 Å². The average Bonchev–Trinajstić information content (AvgIpc) is 2.68. The second-order valence-electron chi connectivity index (χ2n) is 6.14. The van der Waals surface area contributed by atoms with Gasteiger partial charge in [-0.1, -0.05) is 32.5 Å². The molecule has 0 radical (unpaired) electrons. The zero-order chi connectivity index (χ0) is 11.8. The Morgan fingerprint density at radius 3 is 2.38 bits per heavy atom. The second-order valence-corrected chi connectivity index (χ2v) is 11.2. The largest absolute Gasteiger partial charge is 0.262 e. The minimum absolute atomic E-state index is 0.823. The molecule has 0 spiro atoms. The summed E-state index contributed by atoms with van der Waals surface area (Å²) in [5.74, 6) is 0.823. The van der Waals surface area contributed by atoms with E-state index in [0.717, 1.165) is 5.92 Å². The summed E-state index contributed by atoms with van der Waals surface area (Å²) < 4.78 is 0. The van der Waals surface area contributed by atoms with Gasteiger partial charge in [-0.3, -0.25) is 4.98 Å². The first kappa shape index (κ1) is 11.8. The molecule has 88 valence electrons. The average molecular weight is 233 g/mol. The van der Waals surface area contributed by atoms with Crippen molar-refractivity contribution < 1.29 is 0 Å². The number of aryl methyl sites for hydroxylation is 1. The molecule has 16 heavy (non-hydrogen) atoms. The van der Waals surface area contributed by atoms with Crippen molar-refractivity contribution in [2.24, 2.45) is 0 Å². The number of rotatable bonds is 2. The molecule has 1 saturated carbocycles. The lowest BCUT2D eigenvalue weighted by atomic mass is 9.98. The third kappa shape index (κ3) is 2.37. The molecule has 2 rings (SSSR count). The van der Waals surface area contributed by atoms with E-state index in [4.69, 9.17) is 0 Å². The Bertz CT molecular complexity index is 373. The summed E-state index contributed by atoms with van der Waals surface area (Å²) in [6, 6.07) is 2.35. The van der Waals surface area contributed by atoms with Crippen LogP contribution < -0.4 is 5.19 Å². The molecule has 1 aliphatic rings. The summed E-state index contributed by atoms with van der Waals surface area (Å²) in [5, 5.41) is 1.59. The zero-order valence-corrected chi connectivity index (χ0v) is 12.0. The van der Waals surface area contributed by atoms with Gasteiger partial charge in [-0.15, -0.1) is 0 Å². The van der Waals surface area contributed by atoms with Crippen molar-refractivity contribution >= 4 is 13.3 Å². The van der Waals surface area contributed by atoms with Crippen molar-refractivity contribution in [2.75, 3.05) is 0 Å². The van der Waals surface area contributed by atoms with Crippen molar-refractivity contribution in [1.29, 1.82) is 0 Å². The van der Waals surface area contributed by atoms with Gasteiger partial charge in [0, 0.05) is 11.9 Å². The van der Waals surface area contributed by atoms with Crippen LogP contribution in [-0.2, 0) is 0 Å². The van der Waals surface area contributed by atoms with Gasteiger partial charge < -0.3 is 0 Å². The van der Waals surface area contributed by atoms with Gasteiger partial charge in [0.1, 0.15) is 0 Å². The fraction of sp³-hybridized carbons (Fsp3) is 0.643. The molecule has 0 N–H and O–H groups in total. The second kappa shape index (κ2) is 4.32. The molecule has 0 aliphatic heterocycles. The van der Waals surface area contributed by atoms with Gasteiger partial charge in [0.25, 0.3) is 0 Å². The summed E-state index contributed by atoms with van der Waals surface area (Å²) in [6.45, 7) is 9.40. The molecule has 0 unspecified atom stereocenters. The first-order chi connectivity index (χ1) is 7.48. The van der Waals surface area contributed by atoms with Crippen LogP contribution in [0.3, 0.4) is 0 Å². The number of pyridine rings is 1. The summed E-state index contributed by atoms with van der Waals surface area (Å²) in [5.41, 5.74) is 2.81. The van der Waals surface area contributed by atoms with E-state index in [1.165, 1.54) is 31.4 Å². The van der Waals surface area contributed by atoms with Crippen LogP contribution >= 0.6 is 0 Å². The Kier molecular flexibility index (Phi) is 3.20. The van der Waals surface area contributed by atoms with Crippen molar-refractivity contribution in [3.63, 3.8) is 0 Å². The molecular weight excluding hydrogens is 210 g/mol. The predicted octanol–water partition coefficient (Wildman–Crippen LogP) is 3.59. The summed E-state index contributed by atoms with van der Waals surface area (Å²) in [7, 11) is -1.23. The molecule has 2 heteroatoms. The minimum Gasteiger partial charge on any atom is -0.262 e. The molecular formula is C14H23NSi. The van der Waals surface area contributed by atoms with Crippen LogP contribution in [0.25, 0.3) is 0 Å². The Hall–Kier alpha value is -0.633. The van der Waals surface area contributed by atoms with Crippen molar-refractivity contribution in [2.45, 2.75) is 58.2 Å². The van der Waals surface area contributed by atoms with Crippen LogP contribution in [0.5, 0.6) is 0 Å². The Labute approximate surface area is 100 Å². The molecule has 0 amide bonds. The van der Waals surface area contributed by atoms with E-state index >= 15 is 0 Å². The topological polar surface area (TPSA) is 12.9 Å². The Morgan fingerprint density at radius 2 is 1.81 bits per heavy atom. The first-order valence-electron chi connectivity index (χ1n) is 6.45. The first-order valence-corrected chi connectivity index (χ1v) is 9.95. The van der Waals surface area contributed by atoms with E-state index in [2.05, 4.69) is 43.8 Å². The van der Waals surface area contributed by atoms with Gasteiger partial charge in [-0.25, -0.2) is 0 Å². The molecule has 1 heterocycles. The van der Waals surface area contributed by atoms with Gasteiger partial charge in [0.2, 0.25) is 0 Å². The lowest BCUT2D eigenvalue weighted by molar-refractivity contribution is 0.724. The van der Waals surface area contributed by atoms with Crippen LogP contribution in [0.1, 0.15) is 42.9 Å². The highest BCUT2D eigenvalue weighted by Crippen LogP contribution is 2.34. The molecule has 0 saturated heterocycles. The third-order valence-electron chi connectivity index (χ3n) is 3.68. The summed E-state index contributed by atoms with van der Waals surface area (Å²) in [6.07, 6.45) is 7.77. The number of nitrogens with zero attached hydrogens (tertiary/aromatic N) is 1. The monoisotopic (exact) mass is 233 g/mol. The van der Waals surface area contributed by atoms with E-state index in [1.54, 1.807) is 10.8 Å². The van der Waals surface area contributed by atoms with Gasteiger partial charge in [-0.2, -0.15) is 0 Å². The summed E-state index contributed by atoms with van der Waals surface area (Å²) in [4.78, 5) is 4.51. The molecule has 0 bridgehead atoms. The van der Waals surface area contributed by atoms with Crippen molar-refractivity contribution in [3.05, 3.63) is 23.5 Å². The van der Waals surface area contributed by atoms with E-state index in [-0.39, 0.29) is 0 Å². The predicted molar refractivity (Wildman–Crippen MR) is 73.2 cm³/mol. The maximum atomic E-state index is 4.51. The van der Waals surface area contributed by atoms with Crippen LogP contribution in [0.15, 0.2) is 12.3 Å². The maximum Gasteiger partial charge on any atom is 0.0799 e. The molecule has 1 aromatic heterocycles. The minimum atomic E-state index is -1.23. The van der Waals surface area contributed by atoms with Crippen molar-refractivity contribution in [3.8, 4) is 0 Å². The fourth-order valence-corrected chi connectivity index (χ4v) is 4.38. The molecule has 0 aromatic carbocycles. The van der Waals surface area contributed by atoms with E-state index < -0.39 is 8.07 Å². The van der Waals surface area contributed by atoms with E-state index in [0.29, 0.717) is 0 Å². The molecule has 0 atom stereocenters. The van der Waals surface area contributed by atoms with Gasteiger partial charge in [0.05, 0.1) is 8.07 Å². The highest BCUT2D eigenvalue weighted by atomic mass is 28.3. The van der Waals surface area contributed by atoms with Gasteiger partial charge in [0.15, 0.2) is 0 Å². The van der Waals surface area contributed by atoms with Gasteiger partial charge >= 0.3 is 0 Å².